The van der Waals surface area contributed by atoms with Gasteiger partial charge >= 0.3 is 5.69 Å². The quantitative estimate of drug-likeness (QED) is 0.361. The largest absolute Gasteiger partial charge is 0.316 e. The van der Waals surface area contributed by atoms with E-state index in [1.54, 1.807) is 0 Å². The first-order chi connectivity index (χ1) is 7.64. The van der Waals surface area contributed by atoms with Crippen LogP contribution in [0.1, 0.15) is 12.0 Å². The minimum atomic E-state index is -4.60. The number of nitrogens with zero attached hydrogens (tertiary/aromatic N) is 2. The fourth-order valence-electron chi connectivity index (χ4n) is 1.02. The maximum Gasteiger partial charge on any atom is 0.316 e. The highest BCUT2D eigenvalue weighted by atomic mass is 79.9. The molecular weight excluding hydrogens is 349 g/mol. The van der Waals surface area contributed by atoms with Gasteiger partial charge < -0.3 is 0 Å². The molecule has 0 radical (unpaired) electrons. The Morgan fingerprint density at radius 3 is 2.41 bits per heavy atom. The van der Waals surface area contributed by atoms with Crippen LogP contribution >= 0.6 is 26.6 Å². The molecule has 0 aliphatic heterocycles. The number of hydrogen-bond donors (Lipinski definition) is 0. The highest BCUT2D eigenvalue weighted by Gasteiger charge is 2.33. The summed E-state index contributed by atoms with van der Waals surface area (Å²) in [5.74, 6) is 0. The molecule has 0 bridgehead atoms. The van der Waals surface area contributed by atoms with Crippen molar-refractivity contribution in [3.63, 3.8) is 0 Å². The van der Waals surface area contributed by atoms with Gasteiger partial charge in [0.05, 0.1) is 4.92 Å². The topological polar surface area (TPSA) is 90.2 Å². The van der Waals surface area contributed by atoms with Crippen LogP contribution in [0, 0.1) is 10.1 Å². The van der Waals surface area contributed by atoms with Gasteiger partial charge in [-0.1, -0.05) is 0 Å². The Morgan fingerprint density at radius 2 is 2.06 bits per heavy atom. The second kappa shape index (κ2) is 4.78. The van der Waals surface area contributed by atoms with E-state index < -0.39 is 36.7 Å². The number of hydrogen-bond acceptors (Lipinski definition) is 5. The third-order valence-corrected chi connectivity index (χ3v) is 3.20. The molecule has 0 aliphatic rings. The van der Waals surface area contributed by atoms with Gasteiger partial charge in [0, 0.05) is 10.7 Å². The van der Waals surface area contributed by atoms with Crippen LogP contribution in [0.25, 0.3) is 0 Å². The van der Waals surface area contributed by atoms with Gasteiger partial charge in [-0.2, -0.15) is 0 Å². The molecule has 0 aliphatic carbocycles. The third kappa shape index (κ3) is 3.07. The first-order valence-electron chi connectivity index (χ1n) is 3.72. The average Bonchev–Trinajstić information content (AvgIpc) is 2.14. The molecule has 0 amide bonds. The molecule has 1 heterocycles. The zero-order chi connectivity index (χ0) is 13.4. The molecule has 1 aromatic heterocycles. The molecule has 0 aromatic carbocycles. The summed E-state index contributed by atoms with van der Waals surface area (Å²) >= 11 is 2.67. The minimum absolute atomic E-state index is 0.294. The van der Waals surface area contributed by atoms with Gasteiger partial charge in [0.25, 0.3) is 20.5 Å². The van der Waals surface area contributed by atoms with E-state index in [2.05, 4.69) is 20.9 Å². The standard InChI is InChI=1S/C6H2BrClF2N2O4S/c7-3-1-2(5(9)10)4(12(13)14)6(11-3)17(8,15)16/h1,5H. The molecule has 0 saturated heterocycles. The molecule has 0 fully saturated rings. The molecule has 1 rings (SSSR count). The smallest absolute Gasteiger partial charge is 0.258 e. The Hall–Kier alpha value is -0.870. The lowest BCUT2D eigenvalue weighted by atomic mass is 10.2. The fraction of sp³-hybridized carbons (Fsp3) is 0.167. The van der Waals surface area contributed by atoms with E-state index in [-0.39, 0.29) is 4.60 Å². The average molecular weight is 352 g/mol. The van der Waals surface area contributed by atoms with E-state index in [0.717, 1.165) is 0 Å². The van der Waals surface area contributed by atoms with Crippen LogP contribution in [0.3, 0.4) is 0 Å². The van der Waals surface area contributed by atoms with Gasteiger partial charge in [0.15, 0.2) is 0 Å². The second-order valence-electron chi connectivity index (χ2n) is 2.68. The Balaban J connectivity index is 3.77. The van der Waals surface area contributed by atoms with E-state index in [1.807, 2.05) is 0 Å². The molecule has 6 nitrogen and oxygen atoms in total. The lowest BCUT2D eigenvalue weighted by Crippen LogP contribution is -2.06. The monoisotopic (exact) mass is 350 g/mol. The second-order valence-corrected chi connectivity index (χ2v) is 5.98. The SMILES string of the molecule is O=[N+]([O-])c1c(C(F)F)cc(Br)nc1S(=O)(=O)Cl. The minimum Gasteiger partial charge on any atom is -0.258 e. The van der Waals surface area contributed by atoms with Gasteiger partial charge in [-0.25, -0.2) is 22.2 Å². The molecule has 0 atom stereocenters. The van der Waals surface area contributed by atoms with Gasteiger partial charge in [-0.05, 0) is 22.0 Å². The molecule has 0 saturated carbocycles. The third-order valence-electron chi connectivity index (χ3n) is 1.61. The molecule has 0 spiro atoms. The predicted molar refractivity (Wildman–Crippen MR) is 56.6 cm³/mol. The van der Waals surface area contributed by atoms with Crippen LogP contribution < -0.4 is 0 Å². The summed E-state index contributed by atoms with van der Waals surface area (Å²) in [7, 11) is 0.295. The van der Waals surface area contributed by atoms with E-state index in [4.69, 9.17) is 10.7 Å². The van der Waals surface area contributed by atoms with E-state index >= 15 is 0 Å². The number of alkyl halides is 2. The van der Waals surface area contributed by atoms with Crippen LogP contribution in [0.2, 0.25) is 0 Å². The lowest BCUT2D eigenvalue weighted by molar-refractivity contribution is -0.389. The molecule has 17 heavy (non-hydrogen) atoms. The fourth-order valence-corrected chi connectivity index (χ4v) is 2.52. The molecular formula is C6H2BrClF2N2O4S. The Labute approximate surface area is 106 Å². The van der Waals surface area contributed by atoms with E-state index in [9.17, 15) is 27.3 Å². The number of aromatic nitrogens is 1. The van der Waals surface area contributed by atoms with Crippen LogP contribution in [-0.4, -0.2) is 18.3 Å². The maximum atomic E-state index is 12.5. The van der Waals surface area contributed by atoms with Crippen molar-refractivity contribution < 1.29 is 22.1 Å². The molecule has 0 unspecified atom stereocenters. The zero-order valence-electron chi connectivity index (χ0n) is 7.60. The Kier molecular flexibility index (Phi) is 3.99. The van der Waals surface area contributed by atoms with E-state index in [1.165, 1.54) is 0 Å². The zero-order valence-corrected chi connectivity index (χ0v) is 10.8. The highest BCUT2D eigenvalue weighted by Crippen LogP contribution is 2.36. The number of pyridine rings is 1. The van der Waals surface area contributed by atoms with Crippen molar-refractivity contribution in [2.24, 2.45) is 0 Å². The van der Waals surface area contributed by atoms with Gasteiger partial charge in [-0.15, -0.1) is 0 Å². The summed E-state index contributed by atoms with van der Waals surface area (Å²) < 4.78 is 46.8. The van der Waals surface area contributed by atoms with Crippen molar-refractivity contribution in [1.29, 1.82) is 0 Å². The van der Waals surface area contributed by atoms with Crippen LogP contribution in [0.4, 0.5) is 14.5 Å². The summed E-state index contributed by atoms with van der Waals surface area (Å²) in [5.41, 5.74) is -2.39. The Bertz CT molecular complexity index is 580. The highest BCUT2D eigenvalue weighted by molar-refractivity contribution is 9.10. The number of rotatable bonds is 3. The molecule has 94 valence electrons. The maximum absolute atomic E-state index is 12.5. The number of nitro groups is 1. The van der Waals surface area contributed by atoms with Crippen LogP contribution in [0.15, 0.2) is 15.7 Å². The van der Waals surface area contributed by atoms with Crippen molar-refractivity contribution >= 4 is 41.4 Å². The number of halogens is 4. The summed E-state index contributed by atoms with van der Waals surface area (Å²) in [6.45, 7) is 0. The predicted octanol–water partition coefficient (Wildman–Crippen LogP) is 2.62. The van der Waals surface area contributed by atoms with Crippen molar-refractivity contribution in [2.45, 2.75) is 11.5 Å². The molecule has 11 heteroatoms. The van der Waals surface area contributed by atoms with Crippen molar-refractivity contribution in [2.75, 3.05) is 0 Å². The Morgan fingerprint density at radius 1 is 1.53 bits per heavy atom. The van der Waals surface area contributed by atoms with Gasteiger partial charge in [0.2, 0.25) is 0 Å². The van der Waals surface area contributed by atoms with Gasteiger partial charge in [-0.3, -0.25) is 10.1 Å². The van der Waals surface area contributed by atoms with Crippen molar-refractivity contribution in [3.05, 3.63) is 26.3 Å². The van der Waals surface area contributed by atoms with Crippen LogP contribution in [0.5, 0.6) is 0 Å². The first kappa shape index (κ1) is 14.2. The van der Waals surface area contributed by atoms with Crippen molar-refractivity contribution in [3.8, 4) is 0 Å². The van der Waals surface area contributed by atoms with Crippen LogP contribution in [-0.2, 0) is 9.05 Å². The normalized spacial score (nSPS) is 11.8. The molecule has 1 aromatic rings. The van der Waals surface area contributed by atoms with Gasteiger partial charge in [0.1, 0.15) is 10.2 Å². The summed E-state index contributed by atoms with van der Waals surface area (Å²) in [6.07, 6.45) is -3.23. The molecule has 0 N–H and O–H groups in total. The van der Waals surface area contributed by atoms with Crippen molar-refractivity contribution in [1.82, 2.24) is 4.98 Å². The summed E-state index contributed by atoms with van der Waals surface area (Å²) in [4.78, 5) is 12.6. The summed E-state index contributed by atoms with van der Waals surface area (Å²) in [6, 6.07) is 0.661. The summed E-state index contributed by atoms with van der Waals surface area (Å²) in [5, 5.41) is 9.38. The first-order valence-corrected chi connectivity index (χ1v) is 6.82. The lowest BCUT2D eigenvalue weighted by Gasteiger charge is -2.05. The van der Waals surface area contributed by atoms with E-state index in [0.29, 0.717) is 6.07 Å².